The van der Waals surface area contributed by atoms with Gasteiger partial charge >= 0.3 is 0 Å². The second-order valence-corrected chi connectivity index (χ2v) is 16.1. The molecule has 2 aromatic carbocycles. The highest BCUT2D eigenvalue weighted by Gasteiger charge is 2.35. The number of imidazole rings is 2. The molecule has 6 fully saturated rings. The first kappa shape index (κ1) is 36.9. The number of pyridine rings is 4. The summed E-state index contributed by atoms with van der Waals surface area (Å²) in [5.41, 5.74) is 11.4. The summed E-state index contributed by atoms with van der Waals surface area (Å²) in [5.74, 6) is 2.33. The number of aromatic hydroxyl groups is 1. The topological polar surface area (TPSA) is 214 Å². The Balaban J connectivity index is 0.000000121. The van der Waals surface area contributed by atoms with Crippen LogP contribution in [-0.4, -0.2) is 106 Å². The second kappa shape index (κ2) is 15.4. The lowest BCUT2D eigenvalue weighted by Gasteiger charge is -2.45. The molecule has 6 aliphatic rings. The Labute approximate surface area is 338 Å². The maximum Gasteiger partial charge on any atom is 0.263 e. The largest absolute Gasteiger partial charge is 0.506 e. The Bertz CT molecular complexity index is 2850. The molecule has 0 amide bonds. The van der Waals surface area contributed by atoms with Crippen LogP contribution in [-0.2, 0) is 0 Å². The van der Waals surface area contributed by atoms with Gasteiger partial charge in [0.15, 0.2) is 0 Å². The third-order valence-electron chi connectivity index (χ3n) is 12.5. The molecule has 0 radical (unpaired) electrons. The maximum absolute atomic E-state index is 13.1. The summed E-state index contributed by atoms with van der Waals surface area (Å²) in [6.45, 7) is 7.14. The molecule has 8 N–H and O–H groups in total. The number of H-pyrrole nitrogens is 4. The number of aromatic nitrogens is 8. The van der Waals surface area contributed by atoms with Crippen LogP contribution in [0.25, 0.3) is 66.6 Å². The van der Waals surface area contributed by atoms with E-state index in [-0.39, 0.29) is 16.9 Å². The molecule has 0 saturated carbocycles. The molecule has 6 aliphatic heterocycles. The predicted octanol–water partition coefficient (Wildman–Crippen LogP) is 5.18. The second-order valence-electron chi connectivity index (χ2n) is 16.1. The van der Waals surface area contributed by atoms with E-state index in [0.717, 1.165) is 57.7 Å². The number of para-hydroxylation sites is 4. The van der Waals surface area contributed by atoms with Gasteiger partial charge in [-0.05, 0) is 100 Å². The zero-order valence-electron chi connectivity index (χ0n) is 32.5. The van der Waals surface area contributed by atoms with Gasteiger partial charge in [0.2, 0.25) is 0 Å². The molecule has 0 aliphatic carbocycles. The molecule has 1 unspecified atom stereocenters. The van der Waals surface area contributed by atoms with E-state index in [0.29, 0.717) is 46.1 Å². The number of nitrogens with one attached hydrogen (secondary N) is 5. The van der Waals surface area contributed by atoms with Gasteiger partial charge in [-0.15, -0.1) is 0 Å². The summed E-state index contributed by atoms with van der Waals surface area (Å²) < 4.78 is 0. The Morgan fingerprint density at radius 3 is 1.68 bits per heavy atom. The third kappa shape index (κ3) is 7.11. The number of anilines is 1. The minimum Gasteiger partial charge on any atom is -0.506 e. The molecule has 4 bridgehead atoms. The van der Waals surface area contributed by atoms with Crippen molar-refractivity contribution in [1.29, 1.82) is 0 Å². The fourth-order valence-corrected chi connectivity index (χ4v) is 9.34. The lowest BCUT2D eigenvalue weighted by molar-refractivity contribution is 0.0896. The summed E-state index contributed by atoms with van der Waals surface area (Å²) in [4.78, 5) is 59.6. The summed E-state index contributed by atoms with van der Waals surface area (Å²) in [7, 11) is 0. The summed E-state index contributed by atoms with van der Waals surface area (Å²) in [6, 6.07) is 19.7. The lowest BCUT2D eigenvalue weighted by Crippen LogP contribution is -2.54. The molecule has 15 heteroatoms. The highest BCUT2D eigenvalue weighted by atomic mass is 16.3. The molecule has 14 rings (SSSR count). The summed E-state index contributed by atoms with van der Waals surface area (Å²) >= 11 is 0. The highest BCUT2D eigenvalue weighted by molar-refractivity contribution is 5.99. The molecule has 12 heterocycles. The van der Waals surface area contributed by atoms with E-state index < -0.39 is 5.56 Å². The molecule has 15 nitrogen and oxygen atoms in total. The smallest absolute Gasteiger partial charge is 0.263 e. The number of aromatic amines is 4. The third-order valence-corrected chi connectivity index (χ3v) is 12.5. The van der Waals surface area contributed by atoms with E-state index in [4.69, 9.17) is 10.7 Å². The Kier molecular flexibility index (Phi) is 9.63. The molecule has 0 spiro atoms. The standard InChI is InChI=1S/C22H22N6O.C15H10N4O2.C7H14N2/c29-22-19(21-25-15-3-1-2-4-16(15)26-21)20(14-5-8-23-11-17(14)27-22)24-18-12-28-9-6-13(18)7-10-28;20-13-8-5-6-16-7-11(8)19-15(21)12(13)14-17-9-3-1-2-4-10(9)18-14;8-7-5-9-3-1-6(7)2-4-9/h1-5,8,11,13,18H,6-7,9-10,12H2,(H,25,26)(H2,24,27,29);1-7H,(H,17,18)(H2,19,20,21);6-7H,1-5,8H2/t;;7-/m..0/s1. The monoisotopic (exact) mass is 790 g/mol. The molecular weight excluding hydrogens is 745 g/mol. The number of nitrogens with two attached hydrogens (primary N) is 1. The van der Waals surface area contributed by atoms with Crippen LogP contribution in [0.15, 0.2) is 95.0 Å². The quantitative estimate of drug-likeness (QED) is 0.123. The molecule has 6 aromatic heterocycles. The Morgan fingerprint density at radius 1 is 0.627 bits per heavy atom. The van der Waals surface area contributed by atoms with Crippen LogP contribution >= 0.6 is 0 Å². The predicted molar refractivity (Wildman–Crippen MR) is 230 cm³/mol. The van der Waals surface area contributed by atoms with Gasteiger partial charge in [0.05, 0.1) is 51.2 Å². The van der Waals surface area contributed by atoms with Crippen LogP contribution in [0.5, 0.6) is 5.75 Å². The number of fused-ring (bicyclic) bond motifs is 10. The van der Waals surface area contributed by atoms with Crippen molar-refractivity contribution in [2.75, 3.05) is 44.6 Å². The zero-order chi connectivity index (χ0) is 40.0. The number of piperidine rings is 6. The van der Waals surface area contributed by atoms with Crippen LogP contribution in [0, 0.1) is 11.8 Å². The minimum atomic E-state index is -0.410. The van der Waals surface area contributed by atoms with Crippen molar-refractivity contribution in [1.82, 2.24) is 49.7 Å². The Morgan fingerprint density at radius 2 is 1.15 bits per heavy atom. The van der Waals surface area contributed by atoms with Crippen LogP contribution < -0.4 is 22.2 Å². The molecule has 300 valence electrons. The summed E-state index contributed by atoms with van der Waals surface area (Å²) in [6.07, 6.45) is 11.6. The first-order valence-electron chi connectivity index (χ1n) is 20.4. The van der Waals surface area contributed by atoms with E-state index in [2.05, 4.69) is 50.0 Å². The van der Waals surface area contributed by atoms with Crippen molar-refractivity contribution in [3.8, 4) is 28.5 Å². The fourth-order valence-electron chi connectivity index (χ4n) is 9.34. The first-order valence-corrected chi connectivity index (χ1v) is 20.4. The summed E-state index contributed by atoms with van der Waals surface area (Å²) in [5, 5.41) is 15.7. The fraction of sp³-hybridized carbons (Fsp3) is 0.318. The highest BCUT2D eigenvalue weighted by Crippen LogP contribution is 2.36. The number of rotatable bonds is 4. The SMILES string of the molecule is N[C@H]1CN2CCC1CC2.O=c1[nH]c2cnccc2c(NC2CN3CCC2CC3)c1-c1nc2ccccc2[nH]1.O=c1[nH]c2cnccc2c(O)c1-c1nc2ccccc2[nH]1. The average Bonchev–Trinajstić information content (AvgIpc) is 3.90. The lowest BCUT2D eigenvalue weighted by atomic mass is 9.83. The maximum atomic E-state index is 13.1. The normalized spacial score (nSPS) is 23.2. The molecule has 6 saturated heterocycles. The van der Waals surface area contributed by atoms with E-state index >= 15 is 0 Å². The van der Waals surface area contributed by atoms with Crippen molar-refractivity contribution in [3.63, 3.8) is 0 Å². The molecule has 59 heavy (non-hydrogen) atoms. The van der Waals surface area contributed by atoms with E-state index in [1.54, 1.807) is 24.7 Å². The number of nitrogens with zero attached hydrogens (tertiary/aromatic N) is 6. The van der Waals surface area contributed by atoms with Crippen molar-refractivity contribution >= 4 is 49.6 Å². The van der Waals surface area contributed by atoms with Crippen LogP contribution in [0.3, 0.4) is 0 Å². The molecule has 8 aromatic rings. The number of benzene rings is 2. The van der Waals surface area contributed by atoms with Gasteiger partial charge in [0, 0.05) is 48.3 Å². The number of hydrogen-bond acceptors (Lipinski definition) is 11. The van der Waals surface area contributed by atoms with Crippen molar-refractivity contribution in [2.24, 2.45) is 17.6 Å². The Hall–Kier alpha value is -6.42. The van der Waals surface area contributed by atoms with Gasteiger partial charge in [0.1, 0.15) is 28.5 Å². The van der Waals surface area contributed by atoms with E-state index in [1.807, 2.05) is 54.6 Å². The van der Waals surface area contributed by atoms with Crippen molar-refractivity contribution < 1.29 is 5.11 Å². The van der Waals surface area contributed by atoms with Crippen LogP contribution in [0.1, 0.15) is 25.7 Å². The van der Waals surface area contributed by atoms with Crippen molar-refractivity contribution in [3.05, 3.63) is 106 Å². The van der Waals surface area contributed by atoms with Gasteiger partial charge in [-0.25, -0.2) is 9.97 Å². The van der Waals surface area contributed by atoms with Crippen LogP contribution in [0.4, 0.5) is 5.69 Å². The molecule has 2 atom stereocenters. The van der Waals surface area contributed by atoms with Crippen LogP contribution in [0.2, 0.25) is 0 Å². The van der Waals surface area contributed by atoms with Gasteiger partial charge in [0.25, 0.3) is 11.1 Å². The number of hydrogen-bond donors (Lipinski definition) is 7. The molecular formula is C44H46N12O3. The average molecular weight is 791 g/mol. The van der Waals surface area contributed by atoms with Gasteiger partial charge in [-0.3, -0.25) is 19.6 Å². The van der Waals surface area contributed by atoms with E-state index in [1.165, 1.54) is 58.1 Å². The van der Waals surface area contributed by atoms with Crippen molar-refractivity contribution in [2.45, 2.75) is 37.8 Å². The minimum absolute atomic E-state index is 0.102. The van der Waals surface area contributed by atoms with Gasteiger partial charge in [-0.1, -0.05) is 24.3 Å². The van der Waals surface area contributed by atoms with E-state index in [9.17, 15) is 14.7 Å². The van der Waals surface area contributed by atoms with Gasteiger partial charge in [-0.2, -0.15) is 0 Å². The first-order chi connectivity index (χ1) is 28.9. The zero-order valence-corrected chi connectivity index (χ0v) is 32.5. The van der Waals surface area contributed by atoms with Gasteiger partial charge < -0.3 is 45.9 Å².